The minimum atomic E-state index is -3.98. The molecular formula is C20H27N3O8S. The number of methoxy groups -OCH3 is 1. The van der Waals surface area contributed by atoms with Crippen molar-refractivity contribution in [2.45, 2.75) is 37.7 Å². The topological polar surface area (TPSA) is 148 Å². The summed E-state index contributed by atoms with van der Waals surface area (Å²) in [6.45, 7) is 3.44. The van der Waals surface area contributed by atoms with E-state index >= 15 is 0 Å². The first kappa shape index (κ1) is 25.3. The van der Waals surface area contributed by atoms with E-state index < -0.39 is 45.9 Å². The van der Waals surface area contributed by atoms with Crippen LogP contribution in [0, 0.1) is 5.92 Å². The van der Waals surface area contributed by atoms with Gasteiger partial charge in [0.1, 0.15) is 0 Å². The number of imide groups is 1. The average Bonchev–Trinajstić information content (AvgIpc) is 2.78. The van der Waals surface area contributed by atoms with Crippen LogP contribution in [0.3, 0.4) is 0 Å². The van der Waals surface area contributed by atoms with Gasteiger partial charge in [-0.05, 0) is 38.8 Å². The highest BCUT2D eigenvalue weighted by atomic mass is 32.2. The molecule has 32 heavy (non-hydrogen) atoms. The van der Waals surface area contributed by atoms with Crippen LogP contribution in [0.2, 0.25) is 0 Å². The lowest BCUT2D eigenvalue weighted by Crippen LogP contribution is -2.46. The summed E-state index contributed by atoms with van der Waals surface area (Å²) in [6.07, 6.45) is -0.814. The third kappa shape index (κ3) is 6.04. The second kappa shape index (κ2) is 11.0. The van der Waals surface area contributed by atoms with Crippen LogP contribution in [0.25, 0.3) is 0 Å². The first-order valence-electron chi connectivity index (χ1n) is 10.1. The lowest BCUT2D eigenvalue weighted by molar-refractivity contribution is -0.159. The predicted molar refractivity (Wildman–Crippen MR) is 112 cm³/mol. The van der Waals surface area contributed by atoms with Crippen LogP contribution < -0.4 is 10.6 Å². The number of hydrogen-bond acceptors (Lipinski definition) is 8. The number of piperidine rings is 1. The van der Waals surface area contributed by atoms with Gasteiger partial charge in [0.05, 0.1) is 23.5 Å². The normalized spacial score (nSPS) is 16.0. The van der Waals surface area contributed by atoms with Gasteiger partial charge in [0.25, 0.3) is 5.91 Å². The molecule has 1 saturated heterocycles. The van der Waals surface area contributed by atoms with Crippen LogP contribution >= 0.6 is 0 Å². The molecule has 0 radical (unpaired) electrons. The molecule has 1 aliphatic rings. The third-order valence-electron chi connectivity index (χ3n) is 4.93. The SMILES string of the molecule is CCNC(=O)NC(=O)[C@H](C)OC(=O)C1CCN(S(=O)(=O)c2ccccc2C(=O)OC)CC1. The largest absolute Gasteiger partial charge is 0.465 e. The van der Waals surface area contributed by atoms with Crippen molar-refractivity contribution in [3.63, 3.8) is 0 Å². The molecule has 1 aromatic rings. The highest BCUT2D eigenvalue weighted by molar-refractivity contribution is 7.89. The number of sulfonamides is 1. The Morgan fingerprint density at radius 1 is 1.16 bits per heavy atom. The van der Waals surface area contributed by atoms with E-state index in [2.05, 4.69) is 15.4 Å². The number of urea groups is 1. The summed E-state index contributed by atoms with van der Waals surface area (Å²) >= 11 is 0. The zero-order chi connectivity index (χ0) is 23.9. The molecule has 0 unspecified atom stereocenters. The second-order valence-electron chi connectivity index (χ2n) is 7.09. The fraction of sp³-hybridized carbons (Fsp3) is 0.500. The first-order chi connectivity index (χ1) is 15.1. The number of ether oxygens (including phenoxy) is 2. The molecular weight excluding hydrogens is 442 g/mol. The van der Waals surface area contributed by atoms with Crippen molar-refractivity contribution in [1.29, 1.82) is 0 Å². The van der Waals surface area contributed by atoms with E-state index in [1.807, 2.05) is 0 Å². The van der Waals surface area contributed by atoms with Gasteiger partial charge in [-0.3, -0.25) is 14.9 Å². The summed E-state index contributed by atoms with van der Waals surface area (Å²) in [5.74, 6) is -2.76. The Morgan fingerprint density at radius 3 is 2.38 bits per heavy atom. The number of nitrogens with zero attached hydrogens (tertiary/aromatic N) is 1. The molecule has 1 aliphatic heterocycles. The van der Waals surface area contributed by atoms with Crippen molar-refractivity contribution < 1.29 is 37.1 Å². The number of carbonyl (C=O) groups excluding carboxylic acids is 4. The Labute approximate surface area is 186 Å². The lowest BCUT2D eigenvalue weighted by Gasteiger charge is -2.30. The van der Waals surface area contributed by atoms with Crippen LogP contribution in [0.1, 0.15) is 37.0 Å². The maximum atomic E-state index is 13.0. The molecule has 0 saturated carbocycles. The standard InChI is InChI=1S/C20H27N3O8S/c1-4-21-20(27)22-17(24)13(2)31-18(25)14-9-11-23(12-10-14)32(28,29)16-8-6-5-7-15(16)19(26)30-3/h5-8,13-14H,4,9-12H2,1-3H3,(H2,21,22,24,27)/t13-/m0/s1. The molecule has 11 nitrogen and oxygen atoms in total. The second-order valence-corrected chi connectivity index (χ2v) is 9.00. The summed E-state index contributed by atoms with van der Waals surface area (Å²) in [6, 6.07) is 5.06. The lowest BCUT2D eigenvalue weighted by atomic mass is 9.98. The van der Waals surface area contributed by atoms with Crippen LogP contribution in [-0.2, 0) is 29.1 Å². The molecule has 1 heterocycles. The van der Waals surface area contributed by atoms with Crippen LogP contribution in [0.4, 0.5) is 4.79 Å². The number of rotatable bonds is 7. The molecule has 12 heteroatoms. The van der Waals surface area contributed by atoms with Crippen molar-refractivity contribution >= 4 is 33.9 Å². The molecule has 176 valence electrons. The van der Waals surface area contributed by atoms with E-state index in [0.717, 1.165) is 0 Å². The summed E-state index contributed by atoms with van der Waals surface area (Å²) in [4.78, 5) is 47.5. The fourth-order valence-corrected chi connectivity index (χ4v) is 4.83. The van der Waals surface area contributed by atoms with E-state index in [-0.39, 0.29) is 36.4 Å². The summed E-state index contributed by atoms with van der Waals surface area (Å²) in [5.41, 5.74) is -0.0662. The zero-order valence-corrected chi connectivity index (χ0v) is 18.9. The van der Waals surface area contributed by atoms with Gasteiger partial charge in [0.15, 0.2) is 6.10 Å². The highest BCUT2D eigenvalue weighted by Gasteiger charge is 2.35. The van der Waals surface area contributed by atoms with Gasteiger partial charge < -0.3 is 14.8 Å². The molecule has 0 spiro atoms. The highest BCUT2D eigenvalue weighted by Crippen LogP contribution is 2.27. The van der Waals surface area contributed by atoms with Gasteiger partial charge >= 0.3 is 18.0 Å². The maximum absolute atomic E-state index is 13.0. The number of carbonyl (C=O) groups is 4. The number of nitrogens with one attached hydrogen (secondary N) is 2. The Morgan fingerprint density at radius 2 is 1.78 bits per heavy atom. The van der Waals surface area contributed by atoms with E-state index in [4.69, 9.17) is 4.74 Å². The minimum absolute atomic E-state index is 0.0388. The number of amides is 3. The molecule has 3 amide bonds. The summed E-state index contributed by atoms with van der Waals surface area (Å²) < 4.78 is 37.1. The van der Waals surface area contributed by atoms with E-state index in [1.54, 1.807) is 6.92 Å². The van der Waals surface area contributed by atoms with Gasteiger partial charge in [-0.1, -0.05) is 12.1 Å². The Hall–Kier alpha value is -2.99. The van der Waals surface area contributed by atoms with Crippen LogP contribution in [0.15, 0.2) is 29.2 Å². The first-order valence-corrected chi connectivity index (χ1v) is 11.5. The van der Waals surface area contributed by atoms with Crippen molar-refractivity contribution in [3.05, 3.63) is 29.8 Å². The molecule has 2 rings (SSSR count). The number of benzene rings is 1. The zero-order valence-electron chi connectivity index (χ0n) is 18.1. The molecule has 1 fully saturated rings. The number of hydrogen-bond donors (Lipinski definition) is 2. The Balaban J connectivity index is 1.98. The Kier molecular flexibility index (Phi) is 8.72. The van der Waals surface area contributed by atoms with E-state index in [0.29, 0.717) is 6.54 Å². The van der Waals surface area contributed by atoms with Crippen molar-refractivity contribution in [2.75, 3.05) is 26.7 Å². The molecule has 2 N–H and O–H groups in total. The van der Waals surface area contributed by atoms with Crippen molar-refractivity contribution in [1.82, 2.24) is 14.9 Å². The van der Waals surface area contributed by atoms with Gasteiger partial charge in [-0.2, -0.15) is 4.31 Å². The fourth-order valence-electron chi connectivity index (χ4n) is 3.18. The van der Waals surface area contributed by atoms with Gasteiger partial charge in [0.2, 0.25) is 10.0 Å². The minimum Gasteiger partial charge on any atom is -0.465 e. The van der Waals surface area contributed by atoms with Gasteiger partial charge in [-0.15, -0.1) is 0 Å². The Bertz CT molecular complexity index is 971. The van der Waals surface area contributed by atoms with Crippen LogP contribution in [-0.4, -0.2) is 69.4 Å². The number of esters is 2. The maximum Gasteiger partial charge on any atom is 0.339 e. The third-order valence-corrected chi connectivity index (χ3v) is 6.89. The smallest absolute Gasteiger partial charge is 0.339 e. The molecule has 0 bridgehead atoms. The summed E-state index contributed by atoms with van der Waals surface area (Å²) in [5, 5.41) is 4.45. The van der Waals surface area contributed by atoms with Gasteiger partial charge in [0, 0.05) is 19.6 Å². The van der Waals surface area contributed by atoms with E-state index in [9.17, 15) is 27.6 Å². The average molecular weight is 470 g/mol. The van der Waals surface area contributed by atoms with Crippen molar-refractivity contribution in [2.24, 2.45) is 5.92 Å². The predicted octanol–water partition coefficient (Wildman–Crippen LogP) is 0.651. The quantitative estimate of drug-likeness (QED) is 0.553. The monoisotopic (exact) mass is 469 g/mol. The van der Waals surface area contributed by atoms with Crippen molar-refractivity contribution in [3.8, 4) is 0 Å². The van der Waals surface area contributed by atoms with Crippen LogP contribution in [0.5, 0.6) is 0 Å². The molecule has 1 aromatic carbocycles. The van der Waals surface area contributed by atoms with E-state index in [1.165, 1.54) is 42.6 Å². The van der Waals surface area contributed by atoms with Gasteiger partial charge in [-0.25, -0.2) is 18.0 Å². The molecule has 0 aromatic heterocycles. The molecule has 1 atom stereocenters. The summed E-state index contributed by atoms with van der Waals surface area (Å²) in [7, 11) is -2.81. The molecule has 0 aliphatic carbocycles.